The van der Waals surface area contributed by atoms with E-state index in [9.17, 15) is 4.79 Å². The lowest BCUT2D eigenvalue weighted by Crippen LogP contribution is -2.52. The van der Waals surface area contributed by atoms with Crippen LogP contribution >= 0.6 is 11.6 Å². The Labute approximate surface area is 141 Å². The molecule has 1 atom stereocenters. The van der Waals surface area contributed by atoms with E-state index in [4.69, 9.17) is 21.1 Å². The summed E-state index contributed by atoms with van der Waals surface area (Å²) in [4.78, 5) is 16.5. The van der Waals surface area contributed by atoms with E-state index in [1.165, 1.54) is 0 Å². The molecule has 2 aliphatic rings. The molecule has 23 heavy (non-hydrogen) atoms. The molecule has 1 aromatic carbocycles. The number of halogens is 1. The van der Waals surface area contributed by atoms with Crippen molar-refractivity contribution in [1.82, 2.24) is 9.80 Å². The number of amides is 2. The molecule has 0 unspecified atom stereocenters. The molecule has 2 fully saturated rings. The molecule has 2 heterocycles. The van der Waals surface area contributed by atoms with Crippen molar-refractivity contribution < 1.29 is 14.3 Å². The fourth-order valence-electron chi connectivity index (χ4n) is 2.85. The van der Waals surface area contributed by atoms with Gasteiger partial charge in [-0.1, -0.05) is 17.7 Å². The minimum absolute atomic E-state index is 0.0481. The van der Waals surface area contributed by atoms with Crippen LogP contribution in [-0.2, 0) is 9.47 Å². The Morgan fingerprint density at radius 2 is 2.09 bits per heavy atom. The van der Waals surface area contributed by atoms with E-state index in [0.29, 0.717) is 30.4 Å². The number of benzene rings is 1. The van der Waals surface area contributed by atoms with Gasteiger partial charge in [-0.25, -0.2) is 4.79 Å². The van der Waals surface area contributed by atoms with E-state index in [-0.39, 0.29) is 12.1 Å². The van der Waals surface area contributed by atoms with Gasteiger partial charge in [0.05, 0.1) is 25.9 Å². The number of nitrogens with one attached hydrogen (secondary N) is 1. The second kappa shape index (κ2) is 7.97. The van der Waals surface area contributed by atoms with Crippen LogP contribution in [-0.4, -0.2) is 74.5 Å². The monoisotopic (exact) mass is 339 g/mol. The predicted octanol–water partition coefficient (Wildman–Crippen LogP) is 1.90. The van der Waals surface area contributed by atoms with E-state index < -0.39 is 0 Å². The molecule has 2 amide bonds. The van der Waals surface area contributed by atoms with Crippen LogP contribution in [0.4, 0.5) is 10.5 Å². The van der Waals surface area contributed by atoms with E-state index in [1.54, 1.807) is 17.0 Å². The molecular weight excluding hydrogens is 318 g/mol. The van der Waals surface area contributed by atoms with Crippen LogP contribution in [0.25, 0.3) is 0 Å². The Morgan fingerprint density at radius 3 is 2.87 bits per heavy atom. The van der Waals surface area contributed by atoms with Crippen molar-refractivity contribution in [3.05, 3.63) is 29.3 Å². The summed E-state index contributed by atoms with van der Waals surface area (Å²) in [5.74, 6) is 0. The number of ether oxygens (including phenoxy) is 2. The van der Waals surface area contributed by atoms with Crippen molar-refractivity contribution in [3.63, 3.8) is 0 Å². The molecule has 3 rings (SSSR count). The third-order valence-electron chi connectivity index (χ3n) is 4.07. The normalized spacial score (nSPS) is 22.8. The van der Waals surface area contributed by atoms with Crippen LogP contribution in [0.3, 0.4) is 0 Å². The molecule has 6 nitrogen and oxygen atoms in total. The van der Waals surface area contributed by atoms with Crippen molar-refractivity contribution in [2.24, 2.45) is 0 Å². The lowest BCUT2D eigenvalue weighted by molar-refractivity contribution is -0.0458. The van der Waals surface area contributed by atoms with Crippen LogP contribution in [0, 0.1) is 0 Å². The molecule has 0 bridgehead atoms. The quantitative estimate of drug-likeness (QED) is 0.914. The first kappa shape index (κ1) is 16.5. The molecule has 0 saturated carbocycles. The lowest BCUT2D eigenvalue weighted by Gasteiger charge is -2.36. The number of carbonyl (C=O) groups excluding carboxylic acids is 1. The highest BCUT2D eigenvalue weighted by atomic mass is 35.5. The van der Waals surface area contributed by atoms with Gasteiger partial charge in [0.1, 0.15) is 0 Å². The zero-order valence-corrected chi connectivity index (χ0v) is 13.8. The maximum absolute atomic E-state index is 12.4. The van der Waals surface area contributed by atoms with Gasteiger partial charge in [-0.15, -0.1) is 0 Å². The van der Waals surface area contributed by atoms with Crippen LogP contribution in [0.15, 0.2) is 24.3 Å². The first-order chi connectivity index (χ1) is 11.2. The molecular formula is C16H22ClN3O3. The summed E-state index contributed by atoms with van der Waals surface area (Å²) >= 11 is 5.95. The Morgan fingerprint density at radius 1 is 1.26 bits per heavy atom. The summed E-state index contributed by atoms with van der Waals surface area (Å²) in [6.45, 7) is 6.00. The number of nitrogens with zero attached hydrogens (tertiary/aromatic N) is 2. The van der Waals surface area contributed by atoms with Crippen molar-refractivity contribution in [2.45, 2.75) is 6.10 Å². The average Bonchev–Trinajstić information content (AvgIpc) is 2.56. The minimum atomic E-state index is -0.109. The maximum Gasteiger partial charge on any atom is 0.322 e. The molecule has 0 aliphatic carbocycles. The van der Waals surface area contributed by atoms with E-state index in [2.05, 4.69) is 10.2 Å². The van der Waals surface area contributed by atoms with Crippen molar-refractivity contribution in [2.75, 3.05) is 57.9 Å². The van der Waals surface area contributed by atoms with Crippen LogP contribution in [0.1, 0.15) is 0 Å². The fraction of sp³-hybridized carbons (Fsp3) is 0.562. The maximum atomic E-state index is 12.4. The number of carbonyl (C=O) groups is 1. The highest BCUT2D eigenvalue weighted by Crippen LogP contribution is 2.16. The fourth-order valence-corrected chi connectivity index (χ4v) is 3.05. The summed E-state index contributed by atoms with van der Waals surface area (Å²) in [6.07, 6.45) is 0.0481. The van der Waals surface area contributed by atoms with Gasteiger partial charge in [-0.05, 0) is 18.2 Å². The van der Waals surface area contributed by atoms with Crippen LogP contribution in [0.2, 0.25) is 5.02 Å². The standard InChI is InChI=1S/C16H22ClN3O3/c17-13-2-1-3-14(10-13)18-16(21)20-6-9-23-15(12-20)11-19-4-7-22-8-5-19/h1-3,10,15H,4-9,11-12H2,(H,18,21)/t15-/m1/s1. The molecule has 2 aliphatic heterocycles. The summed E-state index contributed by atoms with van der Waals surface area (Å²) in [5.41, 5.74) is 0.707. The molecule has 1 N–H and O–H groups in total. The number of morpholine rings is 2. The van der Waals surface area contributed by atoms with Gasteiger partial charge in [0.25, 0.3) is 0 Å². The van der Waals surface area contributed by atoms with Gasteiger partial charge in [0.15, 0.2) is 0 Å². The highest BCUT2D eigenvalue weighted by molar-refractivity contribution is 6.30. The van der Waals surface area contributed by atoms with Gasteiger partial charge in [-0.2, -0.15) is 0 Å². The lowest BCUT2D eigenvalue weighted by atomic mass is 10.2. The minimum Gasteiger partial charge on any atom is -0.379 e. The van der Waals surface area contributed by atoms with Crippen LogP contribution in [0.5, 0.6) is 0 Å². The Bertz CT molecular complexity index is 537. The Hall–Kier alpha value is -1.34. The van der Waals surface area contributed by atoms with Gasteiger partial charge >= 0.3 is 6.03 Å². The molecule has 2 saturated heterocycles. The number of anilines is 1. The molecule has 126 valence electrons. The number of urea groups is 1. The third-order valence-corrected chi connectivity index (χ3v) is 4.30. The zero-order valence-electron chi connectivity index (χ0n) is 13.0. The highest BCUT2D eigenvalue weighted by Gasteiger charge is 2.26. The number of rotatable bonds is 3. The Kier molecular flexibility index (Phi) is 5.72. The average molecular weight is 340 g/mol. The van der Waals surface area contributed by atoms with Crippen molar-refractivity contribution in [3.8, 4) is 0 Å². The van der Waals surface area contributed by atoms with Crippen molar-refractivity contribution >= 4 is 23.3 Å². The number of hydrogen-bond acceptors (Lipinski definition) is 4. The van der Waals surface area contributed by atoms with E-state index in [0.717, 1.165) is 32.8 Å². The van der Waals surface area contributed by atoms with Gasteiger partial charge in [0, 0.05) is 43.4 Å². The second-order valence-corrected chi connectivity index (χ2v) is 6.23. The number of hydrogen-bond donors (Lipinski definition) is 1. The Balaban J connectivity index is 1.51. The summed E-state index contributed by atoms with van der Waals surface area (Å²) in [6, 6.07) is 7.06. The molecule has 0 aromatic heterocycles. The first-order valence-corrected chi connectivity index (χ1v) is 8.32. The van der Waals surface area contributed by atoms with Gasteiger partial charge in [0.2, 0.25) is 0 Å². The van der Waals surface area contributed by atoms with Crippen molar-refractivity contribution in [1.29, 1.82) is 0 Å². The molecule has 0 spiro atoms. The van der Waals surface area contributed by atoms with Gasteiger partial charge < -0.3 is 19.7 Å². The topological polar surface area (TPSA) is 54.0 Å². The zero-order chi connectivity index (χ0) is 16.1. The summed E-state index contributed by atoms with van der Waals surface area (Å²) in [7, 11) is 0. The first-order valence-electron chi connectivity index (χ1n) is 7.94. The second-order valence-electron chi connectivity index (χ2n) is 5.79. The SMILES string of the molecule is O=C(Nc1cccc(Cl)c1)N1CCO[C@H](CN2CCOCC2)C1. The predicted molar refractivity (Wildman–Crippen MR) is 89.0 cm³/mol. The van der Waals surface area contributed by atoms with Gasteiger partial charge in [-0.3, -0.25) is 4.90 Å². The third kappa shape index (κ3) is 4.81. The molecule has 0 radical (unpaired) electrons. The van der Waals surface area contributed by atoms with Crippen LogP contribution < -0.4 is 5.32 Å². The van der Waals surface area contributed by atoms with E-state index in [1.807, 2.05) is 12.1 Å². The molecule has 7 heteroatoms. The van der Waals surface area contributed by atoms with E-state index >= 15 is 0 Å². The summed E-state index contributed by atoms with van der Waals surface area (Å²) < 4.78 is 11.2. The molecule has 1 aromatic rings. The largest absolute Gasteiger partial charge is 0.379 e. The summed E-state index contributed by atoms with van der Waals surface area (Å²) in [5, 5.41) is 3.50. The smallest absolute Gasteiger partial charge is 0.322 e.